The van der Waals surface area contributed by atoms with E-state index in [1.54, 1.807) is 18.2 Å². The Labute approximate surface area is 162 Å². The first kappa shape index (κ1) is 18.5. The van der Waals surface area contributed by atoms with E-state index in [9.17, 15) is 18.3 Å². The highest BCUT2D eigenvalue weighted by Crippen LogP contribution is 2.46. The summed E-state index contributed by atoms with van der Waals surface area (Å²) in [6, 6.07) is 7.94. The number of hydrogen-bond donors (Lipinski definition) is 3. The molecular weight excluding hydrogens is 378 g/mol. The monoisotopic (exact) mass is 399 g/mol. The Balaban J connectivity index is 2.06. The molecule has 1 aliphatic rings. The lowest BCUT2D eigenvalue weighted by atomic mass is 9.71. The number of fused-ring (bicyclic) bond motifs is 4. The largest absolute Gasteiger partial charge is 0.507 e. The summed E-state index contributed by atoms with van der Waals surface area (Å²) in [5.74, 6) is -0.660. The zero-order valence-electron chi connectivity index (χ0n) is 16.0. The summed E-state index contributed by atoms with van der Waals surface area (Å²) in [6.45, 7) is 3.85. The normalized spacial score (nSPS) is 15.7. The fourth-order valence-electron chi connectivity index (χ4n) is 3.87. The molecule has 4 rings (SSSR count). The van der Waals surface area contributed by atoms with Gasteiger partial charge in [-0.25, -0.2) is 12.7 Å². The summed E-state index contributed by atoms with van der Waals surface area (Å²) in [5.41, 5.74) is 8.60. The molecule has 3 aromatic rings. The van der Waals surface area contributed by atoms with Gasteiger partial charge < -0.3 is 15.8 Å². The number of aromatic nitrogens is 1. The van der Waals surface area contributed by atoms with E-state index < -0.39 is 15.4 Å². The lowest BCUT2D eigenvalue weighted by molar-refractivity contribution is 0.103. The van der Waals surface area contributed by atoms with E-state index in [2.05, 4.69) is 4.98 Å². The van der Waals surface area contributed by atoms with Crippen LogP contribution in [0.5, 0.6) is 5.75 Å². The van der Waals surface area contributed by atoms with Crippen LogP contribution in [0, 0.1) is 0 Å². The zero-order chi connectivity index (χ0) is 20.6. The molecule has 0 saturated heterocycles. The molecule has 7 nitrogen and oxygen atoms in total. The average Bonchev–Trinajstić information content (AvgIpc) is 2.99. The van der Waals surface area contributed by atoms with Crippen molar-refractivity contribution < 1.29 is 18.3 Å². The quantitative estimate of drug-likeness (QED) is 0.573. The van der Waals surface area contributed by atoms with Crippen LogP contribution in [-0.4, -0.2) is 42.7 Å². The smallest absolute Gasteiger partial charge is 0.246 e. The van der Waals surface area contributed by atoms with E-state index in [1.165, 1.54) is 26.2 Å². The van der Waals surface area contributed by atoms with Crippen molar-refractivity contribution in [3.05, 3.63) is 52.7 Å². The highest BCUT2D eigenvalue weighted by Gasteiger charge is 2.41. The molecule has 146 valence electrons. The molecule has 0 saturated carbocycles. The second-order valence-corrected chi connectivity index (χ2v) is 9.91. The predicted molar refractivity (Wildman–Crippen MR) is 107 cm³/mol. The lowest BCUT2D eigenvalue weighted by Crippen LogP contribution is -2.31. The minimum Gasteiger partial charge on any atom is -0.507 e. The number of phenols is 1. The van der Waals surface area contributed by atoms with Gasteiger partial charge in [-0.3, -0.25) is 4.79 Å². The highest BCUT2D eigenvalue weighted by molar-refractivity contribution is 7.89. The van der Waals surface area contributed by atoms with Gasteiger partial charge in [0.1, 0.15) is 10.6 Å². The molecule has 2 aromatic carbocycles. The van der Waals surface area contributed by atoms with Crippen molar-refractivity contribution in [1.29, 1.82) is 0 Å². The van der Waals surface area contributed by atoms with Gasteiger partial charge in [0, 0.05) is 47.4 Å². The first-order valence-electron chi connectivity index (χ1n) is 8.72. The average molecular weight is 399 g/mol. The van der Waals surface area contributed by atoms with E-state index in [-0.39, 0.29) is 22.0 Å². The molecular formula is C20H21N3O4S. The van der Waals surface area contributed by atoms with E-state index >= 15 is 0 Å². The molecule has 0 bridgehead atoms. The lowest BCUT2D eigenvalue weighted by Gasteiger charge is -2.32. The maximum absolute atomic E-state index is 13.4. The van der Waals surface area contributed by atoms with Crippen LogP contribution >= 0.6 is 0 Å². The molecule has 0 fully saturated rings. The molecule has 0 amide bonds. The molecule has 0 radical (unpaired) electrons. The van der Waals surface area contributed by atoms with E-state index in [1.807, 2.05) is 13.8 Å². The first-order chi connectivity index (χ1) is 13.0. The number of aromatic amines is 1. The van der Waals surface area contributed by atoms with Gasteiger partial charge in [0.15, 0.2) is 5.78 Å². The number of H-pyrrole nitrogens is 1. The number of nitrogens with two attached hydrogens (primary N) is 1. The molecule has 0 atom stereocenters. The molecule has 1 heterocycles. The van der Waals surface area contributed by atoms with Crippen molar-refractivity contribution >= 4 is 32.4 Å². The number of carbonyl (C=O) groups is 1. The highest BCUT2D eigenvalue weighted by atomic mass is 32.2. The third-order valence-corrected chi connectivity index (χ3v) is 7.29. The summed E-state index contributed by atoms with van der Waals surface area (Å²) in [7, 11) is -1.15. The molecule has 0 unspecified atom stereocenters. The van der Waals surface area contributed by atoms with E-state index in [0.29, 0.717) is 22.5 Å². The first-order valence-corrected chi connectivity index (χ1v) is 10.2. The maximum Gasteiger partial charge on any atom is 0.246 e. The number of rotatable bonds is 2. The van der Waals surface area contributed by atoms with Crippen molar-refractivity contribution in [2.75, 3.05) is 19.8 Å². The van der Waals surface area contributed by atoms with Crippen LogP contribution in [0.2, 0.25) is 0 Å². The summed E-state index contributed by atoms with van der Waals surface area (Å²) in [5, 5.41) is 11.2. The van der Waals surface area contributed by atoms with Gasteiger partial charge >= 0.3 is 0 Å². The van der Waals surface area contributed by atoms with Gasteiger partial charge in [0.25, 0.3) is 0 Å². The fourth-order valence-corrected chi connectivity index (χ4v) is 4.85. The summed E-state index contributed by atoms with van der Waals surface area (Å²) >= 11 is 0. The summed E-state index contributed by atoms with van der Waals surface area (Å²) < 4.78 is 26.2. The second-order valence-electron chi connectivity index (χ2n) is 7.79. The van der Waals surface area contributed by atoms with Gasteiger partial charge in [-0.1, -0.05) is 19.9 Å². The number of benzene rings is 2. The number of hydrogen-bond acceptors (Lipinski definition) is 5. The number of nitrogens with one attached hydrogen (secondary N) is 1. The Bertz CT molecular complexity index is 1270. The standard InChI is InChI=1S/C20H21N3O4S/c1-20(2)13-9-15(24)16(28(26,27)23(3)4)8-12(13)18(25)17-11-6-5-10(21)7-14(11)22-19(17)20/h5-9,22,24H,21H2,1-4H3. The molecule has 8 heteroatoms. The van der Waals surface area contributed by atoms with Gasteiger partial charge in [-0.2, -0.15) is 0 Å². The number of sulfonamides is 1. The second kappa shape index (κ2) is 5.59. The summed E-state index contributed by atoms with van der Waals surface area (Å²) in [4.78, 5) is 16.4. The topological polar surface area (TPSA) is 116 Å². The number of anilines is 1. The van der Waals surface area contributed by atoms with Crippen LogP contribution in [0.4, 0.5) is 5.69 Å². The molecule has 28 heavy (non-hydrogen) atoms. The van der Waals surface area contributed by atoms with Gasteiger partial charge in [0.2, 0.25) is 10.0 Å². The Morgan fingerprint density at radius 1 is 1.14 bits per heavy atom. The van der Waals surface area contributed by atoms with Crippen molar-refractivity contribution in [2.24, 2.45) is 0 Å². The van der Waals surface area contributed by atoms with Crippen LogP contribution in [0.1, 0.15) is 41.0 Å². The van der Waals surface area contributed by atoms with Crippen LogP contribution in [-0.2, 0) is 15.4 Å². The SMILES string of the molecule is CN(C)S(=O)(=O)c1cc2c(cc1O)C(C)(C)c1[nH]c3cc(N)ccc3c1C2=O. The van der Waals surface area contributed by atoms with Crippen molar-refractivity contribution in [3.63, 3.8) is 0 Å². The predicted octanol–water partition coefficient (Wildman–Crippen LogP) is 2.58. The van der Waals surface area contributed by atoms with E-state index in [0.717, 1.165) is 15.2 Å². The molecule has 0 spiro atoms. The van der Waals surface area contributed by atoms with Crippen molar-refractivity contribution in [2.45, 2.75) is 24.2 Å². The van der Waals surface area contributed by atoms with Crippen LogP contribution in [0.3, 0.4) is 0 Å². The minimum absolute atomic E-state index is 0.272. The van der Waals surface area contributed by atoms with Crippen molar-refractivity contribution in [3.8, 4) is 5.75 Å². The number of carbonyl (C=O) groups excluding carboxylic acids is 1. The zero-order valence-corrected chi connectivity index (χ0v) is 16.8. The van der Waals surface area contributed by atoms with Crippen LogP contribution < -0.4 is 5.73 Å². The Morgan fingerprint density at radius 2 is 1.82 bits per heavy atom. The van der Waals surface area contributed by atoms with E-state index in [4.69, 9.17) is 5.73 Å². The minimum atomic E-state index is -3.91. The number of nitrogens with zero attached hydrogens (tertiary/aromatic N) is 1. The Kier molecular flexibility index (Phi) is 3.70. The number of ketones is 1. The van der Waals surface area contributed by atoms with Crippen LogP contribution in [0.25, 0.3) is 10.9 Å². The Hall–Kier alpha value is -2.84. The third-order valence-electron chi connectivity index (χ3n) is 5.45. The van der Waals surface area contributed by atoms with Crippen molar-refractivity contribution in [1.82, 2.24) is 9.29 Å². The molecule has 1 aliphatic carbocycles. The fraction of sp³-hybridized carbons (Fsp3) is 0.250. The Morgan fingerprint density at radius 3 is 2.46 bits per heavy atom. The third kappa shape index (κ3) is 2.31. The van der Waals surface area contributed by atoms with Crippen LogP contribution in [0.15, 0.2) is 35.2 Å². The number of phenolic OH excluding ortho intramolecular Hbond substituents is 1. The van der Waals surface area contributed by atoms with Gasteiger partial charge in [-0.05, 0) is 29.8 Å². The number of aromatic hydroxyl groups is 1. The molecule has 4 N–H and O–H groups in total. The summed E-state index contributed by atoms with van der Waals surface area (Å²) in [6.07, 6.45) is 0. The van der Waals surface area contributed by atoms with Gasteiger partial charge in [-0.15, -0.1) is 0 Å². The van der Waals surface area contributed by atoms with Gasteiger partial charge in [0.05, 0.1) is 5.56 Å². The maximum atomic E-state index is 13.4. The molecule has 0 aliphatic heterocycles. The molecule has 1 aromatic heterocycles. The number of nitrogen functional groups attached to an aromatic ring is 1.